The molecule has 1 aliphatic rings. The molecule has 0 bridgehead atoms. The molecule has 1 aliphatic heterocycles. The Balaban J connectivity index is 2.50. The molecule has 0 aromatic heterocycles. The molecule has 80 valence electrons. The number of terminal acetylenes is 1. The van der Waals surface area contributed by atoms with Gasteiger partial charge in [-0.2, -0.15) is 0 Å². The summed E-state index contributed by atoms with van der Waals surface area (Å²) in [6, 6.07) is 1.19. The lowest BCUT2D eigenvalue weighted by atomic mass is 10.1. The predicted octanol–water partition coefficient (Wildman–Crippen LogP) is 1.47. The first kappa shape index (κ1) is 11.6. The number of nitrogens with one attached hydrogen (secondary N) is 1. The number of hydrogen-bond acceptors (Lipinski definition) is 2. The summed E-state index contributed by atoms with van der Waals surface area (Å²) in [4.78, 5) is 2.55. The van der Waals surface area contributed by atoms with Gasteiger partial charge in [0.15, 0.2) is 0 Å². The summed E-state index contributed by atoms with van der Waals surface area (Å²) in [7, 11) is 0. The number of nitrogens with zero attached hydrogens (tertiary/aromatic N) is 1. The maximum atomic E-state index is 5.39. The van der Waals surface area contributed by atoms with E-state index in [4.69, 9.17) is 6.42 Å². The summed E-state index contributed by atoms with van der Waals surface area (Å²) >= 11 is 0. The molecule has 1 rings (SSSR count). The fourth-order valence-electron chi connectivity index (χ4n) is 2.14. The second kappa shape index (κ2) is 6.06. The van der Waals surface area contributed by atoms with Gasteiger partial charge in [0.2, 0.25) is 0 Å². The van der Waals surface area contributed by atoms with E-state index in [0.717, 1.165) is 25.9 Å². The smallest absolute Gasteiger partial charge is 0.0242 e. The van der Waals surface area contributed by atoms with Crippen LogP contribution in [0.4, 0.5) is 0 Å². The van der Waals surface area contributed by atoms with Crippen LogP contribution in [0.2, 0.25) is 0 Å². The maximum absolute atomic E-state index is 5.39. The van der Waals surface area contributed by atoms with E-state index in [0.29, 0.717) is 12.1 Å². The van der Waals surface area contributed by atoms with Crippen LogP contribution >= 0.6 is 0 Å². The second-order valence-corrected chi connectivity index (χ2v) is 4.17. The van der Waals surface area contributed by atoms with Crippen LogP contribution in [0.1, 0.15) is 33.1 Å². The Morgan fingerprint density at radius 3 is 3.07 bits per heavy atom. The third-order valence-corrected chi connectivity index (χ3v) is 2.96. The van der Waals surface area contributed by atoms with Crippen LogP contribution in [0, 0.1) is 12.3 Å². The molecule has 0 radical (unpaired) electrons. The fourth-order valence-corrected chi connectivity index (χ4v) is 2.14. The monoisotopic (exact) mass is 194 g/mol. The average Bonchev–Trinajstić information content (AvgIpc) is 2.39. The molecule has 1 saturated heterocycles. The largest absolute Gasteiger partial charge is 0.313 e. The Labute approximate surface area is 88.1 Å². The molecule has 0 spiro atoms. The molecule has 2 heteroatoms. The summed E-state index contributed by atoms with van der Waals surface area (Å²) in [6.45, 7) is 7.95. The summed E-state index contributed by atoms with van der Waals surface area (Å²) in [6.07, 6.45) is 8.69. The van der Waals surface area contributed by atoms with Crippen molar-refractivity contribution in [3.63, 3.8) is 0 Å². The van der Waals surface area contributed by atoms with Gasteiger partial charge in [-0.3, -0.25) is 4.90 Å². The zero-order valence-corrected chi connectivity index (χ0v) is 9.42. The van der Waals surface area contributed by atoms with E-state index in [9.17, 15) is 0 Å². The first-order valence-electron chi connectivity index (χ1n) is 5.68. The minimum Gasteiger partial charge on any atom is -0.313 e. The van der Waals surface area contributed by atoms with Crippen LogP contribution < -0.4 is 5.32 Å². The van der Waals surface area contributed by atoms with E-state index in [-0.39, 0.29) is 0 Å². The van der Waals surface area contributed by atoms with Crippen molar-refractivity contribution in [2.45, 2.75) is 45.2 Å². The number of rotatable bonds is 3. The van der Waals surface area contributed by atoms with Crippen LogP contribution in [0.25, 0.3) is 0 Å². The van der Waals surface area contributed by atoms with Gasteiger partial charge in [0.1, 0.15) is 0 Å². The Morgan fingerprint density at radius 2 is 2.43 bits per heavy atom. The predicted molar refractivity (Wildman–Crippen MR) is 61.2 cm³/mol. The molecule has 2 unspecified atom stereocenters. The van der Waals surface area contributed by atoms with Gasteiger partial charge in [-0.25, -0.2) is 0 Å². The van der Waals surface area contributed by atoms with Crippen molar-refractivity contribution in [1.82, 2.24) is 10.2 Å². The van der Waals surface area contributed by atoms with Crippen molar-refractivity contribution in [2.75, 3.05) is 19.6 Å². The number of hydrogen-bond donors (Lipinski definition) is 1. The third kappa shape index (κ3) is 3.32. The van der Waals surface area contributed by atoms with Crippen LogP contribution in [-0.2, 0) is 0 Å². The Kier molecular flexibility index (Phi) is 5.00. The van der Waals surface area contributed by atoms with Crippen molar-refractivity contribution in [3.8, 4) is 12.3 Å². The lowest BCUT2D eigenvalue weighted by Gasteiger charge is -2.29. The normalized spacial score (nSPS) is 26.5. The average molecular weight is 194 g/mol. The van der Waals surface area contributed by atoms with E-state index in [1.54, 1.807) is 0 Å². The zero-order chi connectivity index (χ0) is 10.4. The first-order valence-corrected chi connectivity index (χ1v) is 5.68. The van der Waals surface area contributed by atoms with Crippen molar-refractivity contribution in [2.24, 2.45) is 0 Å². The molecule has 1 heterocycles. The standard InChI is InChI=1S/C12H22N2/c1-4-7-12(5-2)14-9-6-8-13-11(3)10-14/h1,11-13H,5-10H2,2-3H3. The topological polar surface area (TPSA) is 15.3 Å². The van der Waals surface area contributed by atoms with E-state index < -0.39 is 0 Å². The molecule has 2 nitrogen and oxygen atoms in total. The highest BCUT2D eigenvalue weighted by atomic mass is 15.2. The Morgan fingerprint density at radius 1 is 1.64 bits per heavy atom. The van der Waals surface area contributed by atoms with Gasteiger partial charge in [0, 0.05) is 25.0 Å². The van der Waals surface area contributed by atoms with Crippen molar-refractivity contribution in [1.29, 1.82) is 0 Å². The van der Waals surface area contributed by atoms with Gasteiger partial charge >= 0.3 is 0 Å². The first-order chi connectivity index (χ1) is 6.77. The molecule has 0 aliphatic carbocycles. The molecule has 1 fully saturated rings. The zero-order valence-electron chi connectivity index (χ0n) is 9.42. The van der Waals surface area contributed by atoms with E-state index >= 15 is 0 Å². The molecule has 0 amide bonds. The van der Waals surface area contributed by atoms with Gasteiger partial charge in [-0.1, -0.05) is 6.92 Å². The molecular weight excluding hydrogens is 172 g/mol. The Hall–Kier alpha value is -0.520. The van der Waals surface area contributed by atoms with Crippen LogP contribution in [0.5, 0.6) is 0 Å². The molecule has 2 atom stereocenters. The minimum absolute atomic E-state index is 0.586. The lowest BCUT2D eigenvalue weighted by Crippen LogP contribution is -2.41. The molecule has 0 aromatic carbocycles. The molecule has 14 heavy (non-hydrogen) atoms. The SMILES string of the molecule is C#CCC(CC)N1CCCNC(C)C1. The summed E-state index contributed by atoms with van der Waals surface area (Å²) in [5.74, 6) is 2.79. The lowest BCUT2D eigenvalue weighted by molar-refractivity contribution is 0.193. The highest BCUT2D eigenvalue weighted by Gasteiger charge is 2.19. The molecule has 0 aromatic rings. The minimum atomic E-state index is 0.586. The quantitative estimate of drug-likeness (QED) is 0.685. The van der Waals surface area contributed by atoms with Gasteiger partial charge < -0.3 is 5.32 Å². The van der Waals surface area contributed by atoms with Crippen LogP contribution in [0.15, 0.2) is 0 Å². The fraction of sp³-hybridized carbons (Fsp3) is 0.833. The summed E-state index contributed by atoms with van der Waals surface area (Å²) < 4.78 is 0. The molecular formula is C12H22N2. The Bertz CT molecular complexity index is 195. The highest BCUT2D eigenvalue weighted by Crippen LogP contribution is 2.11. The van der Waals surface area contributed by atoms with E-state index in [2.05, 4.69) is 30.0 Å². The van der Waals surface area contributed by atoms with E-state index in [1.165, 1.54) is 13.0 Å². The van der Waals surface area contributed by atoms with Gasteiger partial charge in [0.25, 0.3) is 0 Å². The van der Waals surface area contributed by atoms with Crippen LogP contribution in [-0.4, -0.2) is 36.6 Å². The highest BCUT2D eigenvalue weighted by molar-refractivity contribution is 4.91. The van der Waals surface area contributed by atoms with E-state index in [1.807, 2.05) is 0 Å². The molecule has 0 saturated carbocycles. The molecule has 1 N–H and O–H groups in total. The van der Waals surface area contributed by atoms with Crippen molar-refractivity contribution < 1.29 is 0 Å². The van der Waals surface area contributed by atoms with Gasteiger partial charge in [-0.15, -0.1) is 12.3 Å². The maximum Gasteiger partial charge on any atom is 0.0242 e. The summed E-state index contributed by atoms with van der Waals surface area (Å²) in [5.41, 5.74) is 0. The second-order valence-electron chi connectivity index (χ2n) is 4.17. The van der Waals surface area contributed by atoms with Gasteiger partial charge in [-0.05, 0) is 32.9 Å². The summed E-state index contributed by atoms with van der Waals surface area (Å²) in [5, 5.41) is 3.50. The third-order valence-electron chi connectivity index (χ3n) is 2.96. The van der Waals surface area contributed by atoms with Crippen molar-refractivity contribution in [3.05, 3.63) is 0 Å². The van der Waals surface area contributed by atoms with Crippen molar-refractivity contribution >= 4 is 0 Å². The van der Waals surface area contributed by atoms with Gasteiger partial charge in [0.05, 0.1) is 0 Å². The van der Waals surface area contributed by atoms with Crippen LogP contribution in [0.3, 0.4) is 0 Å².